The van der Waals surface area contributed by atoms with Crippen LogP contribution in [0.4, 0.5) is 5.69 Å². The molecule has 3 heteroatoms. The number of carbonyl (C=O) groups is 1. The van der Waals surface area contributed by atoms with Gasteiger partial charge >= 0.3 is 0 Å². The molecule has 2 aromatic carbocycles. The number of hydrogen-bond donors (Lipinski definition) is 2. The van der Waals surface area contributed by atoms with Gasteiger partial charge in [0.15, 0.2) is 0 Å². The SMILES string of the molecule is Cc1ccccc1C(=O)Nc1ccccc1S. The highest BCUT2D eigenvalue weighted by molar-refractivity contribution is 7.80. The number of thiol groups is 1. The standard InChI is InChI=1S/C14H13NOS/c1-10-6-2-3-7-11(10)14(16)15-12-8-4-5-9-13(12)17/h2-9,17H,1H3,(H,15,16). The normalized spacial score (nSPS) is 10.0. The fourth-order valence-electron chi connectivity index (χ4n) is 1.60. The van der Waals surface area contributed by atoms with Crippen LogP contribution in [-0.4, -0.2) is 5.91 Å². The Balaban J connectivity index is 2.24. The van der Waals surface area contributed by atoms with Crippen molar-refractivity contribution in [2.45, 2.75) is 11.8 Å². The third kappa shape index (κ3) is 2.68. The predicted molar refractivity (Wildman–Crippen MR) is 72.8 cm³/mol. The average Bonchev–Trinajstić information content (AvgIpc) is 2.32. The molecule has 0 fully saturated rings. The molecule has 0 aromatic heterocycles. The Morgan fingerprint density at radius 2 is 1.71 bits per heavy atom. The van der Waals surface area contributed by atoms with E-state index in [1.165, 1.54) is 0 Å². The van der Waals surface area contributed by atoms with E-state index in [1.54, 1.807) is 0 Å². The second-order valence-corrected chi connectivity index (χ2v) is 4.27. The zero-order chi connectivity index (χ0) is 12.3. The molecule has 1 amide bonds. The summed E-state index contributed by atoms with van der Waals surface area (Å²) in [5.74, 6) is -0.107. The van der Waals surface area contributed by atoms with Gasteiger partial charge in [-0.3, -0.25) is 4.79 Å². The summed E-state index contributed by atoms with van der Waals surface area (Å²) < 4.78 is 0. The summed E-state index contributed by atoms with van der Waals surface area (Å²) in [5, 5.41) is 2.85. The van der Waals surface area contributed by atoms with E-state index in [2.05, 4.69) is 17.9 Å². The van der Waals surface area contributed by atoms with Crippen molar-refractivity contribution in [3.63, 3.8) is 0 Å². The monoisotopic (exact) mass is 243 g/mol. The fraction of sp³-hybridized carbons (Fsp3) is 0.0714. The number of nitrogens with one attached hydrogen (secondary N) is 1. The first-order valence-electron chi connectivity index (χ1n) is 5.33. The molecule has 0 aliphatic carbocycles. The van der Waals surface area contributed by atoms with E-state index in [-0.39, 0.29) is 5.91 Å². The van der Waals surface area contributed by atoms with Crippen molar-refractivity contribution >= 4 is 24.2 Å². The summed E-state index contributed by atoms with van der Waals surface area (Å²) in [4.78, 5) is 12.8. The van der Waals surface area contributed by atoms with Gasteiger partial charge in [-0.1, -0.05) is 30.3 Å². The van der Waals surface area contributed by atoms with Crippen molar-refractivity contribution in [3.05, 3.63) is 59.7 Å². The highest BCUT2D eigenvalue weighted by Crippen LogP contribution is 2.20. The molecule has 0 aliphatic rings. The quantitative estimate of drug-likeness (QED) is 0.776. The molecule has 0 unspecified atom stereocenters. The van der Waals surface area contributed by atoms with Gasteiger partial charge in [0.05, 0.1) is 5.69 Å². The first-order chi connectivity index (χ1) is 8.18. The Kier molecular flexibility index (Phi) is 3.49. The first kappa shape index (κ1) is 11.7. The Labute approximate surface area is 106 Å². The van der Waals surface area contributed by atoms with E-state index in [1.807, 2.05) is 55.5 Å². The zero-order valence-electron chi connectivity index (χ0n) is 9.47. The molecule has 86 valence electrons. The third-order valence-electron chi connectivity index (χ3n) is 2.54. The second kappa shape index (κ2) is 5.06. The lowest BCUT2D eigenvalue weighted by molar-refractivity contribution is 0.102. The summed E-state index contributed by atoms with van der Waals surface area (Å²) in [5.41, 5.74) is 2.37. The molecule has 0 saturated carbocycles. The van der Waals surface area contributed by atoms with Gasteiger partial charge < -0.3 is 5.32 Å². The van der Waals surface area contributed by atoms with Crippen LogP contribution in [0.2, 0.25) is 0 Å². The van der Waals surface area contributed by atoms with Crippen LogP contribution in [0.5, 0.6) is 0 Å². The van der Waals surface area contributed by atoms with Gasteiger partial charge in [-0.15, -0.1) is 12.6 Å². The van der Waals surface area contributed by atoms with Gasteiger partial charge in [-0.25, -0.2) is 0 Å². The lowest BCUT2D eigenvalue weighted by Gasteiger charge is -2.09. The third-order valence-corrected chi connectivity index (χ3v) is 2.93. The molecule has 0 heterocycles. The number of carbonyl (C=O) groups excluding carboxylic acids is 1. The molecule has 1 N–H and O–H groups in total. The number of aryl methyl sites for hydroxylation is 1. The van der Waals surface area contributed by atoms with Crippen LogP contribution in [0, 0.1) is 6.92 Å². The molecule has 0 spiro atoms. The van der Waals surface area contributed by atoms with E-state index in [9.17, 15) is 4.79 Å². The van der Waals surface area contributed by atoms with Gasteiger partial charge in [0.1, 0.15) is 0 Å². The van der Waals surface area contributed by atoms with E-state index in [4.69, 9.17) is 0 Å². The number of rotatable bonds is 2. The minimum Gasteiger partial charge on any atom is -0.321 e. The Hall–Kier alpha value is -1.74. The predicted octanol–water partition coefficient (Wildman–Crippen LogP) is 3.54. The first-order valence-corrected chi connectivity index (χ1v) is 5.78. The Morgan fingerprint density at radius 3 is 2.41 bits per heavy atom. The highest BCUT2D eigenvalue weighted by atomic mass is 32.1. The molecule has 0 radical (unpaired) electrons. The van der Waals surface area contributed by atoms with Crippen LogP contribution in [0.25, 0.3) is 0 Å². The minimum absolute atomic E-state index is 0.107. The van der Waals surface area contributed by atoms with Crippen molar-refractivity contribution in [3.8, 4) is 0 Å². The number of anilines is 1. The van der Waals surface area contributed by atoms with Crippen molar-refractivity contribution < 1.29 is 4.79 Å². The number of para-hydroxylation sites is 1. The van der Waals surface area contributed by atoms with Crippen LogP contribution >= 0.6 is 12.6 Å². The smallest absolute Gasteiger partial charge is 0.255 e. The topological polar surface area (TPSA) is 29.1 Å². The van der Waals surface area contributed by atoms with Crippen molar-refractivity contribution in [1.29, 1.82) is 0 Å². The maximum Gasteiger partial charge on any atom is 0.255 e. The molecule has 0 saturated heterocycles. The van der Waals surface area contributed by atoms with Crippen molar-refractivity contribution in [2.24, 2.45) is 0 Å². The maximum absolute atomic E-state index is 12.0. The number of amides is 1. The molecule has 2 rings (SSSR count). The average molecular weight is 243 g/mol. The maximum atomic E-state index is 12.0. The lowest BCUT2D eigenvalue weighted by Crippen LogP contribution is -2.13. The van der Waals surface area contributed by atoms with Crippen LogP contribution < -0.4 is 5.32 Å². The minimum atomic E-state index is -0.107. The second-order valence-electron chi connectivity index (χ2n) is 3.79. The van der Waals surface area contributed by atoms with Gasteiger partial charge in [0.25, 0.3) is 5.91 Å². The van der Waals surface area contributed by atoms with E-state index in [0.29, 0.717) is 5.56 Å². The molecule has 0 aliphatic heterocycles. The summed E-state index contributed by atoms with van der Waals surface area (Å²) in [6, 6.07) is 14.9. The summed E-state index contributed by atoms with van der Waals surface area (Å²) >= 11 is 4.30. The van der Waals surface area contributed by atoms with Crippen LogP contribution in [0.1, 0.15) is 15.9 Å². The molecule has 2 aromatic rings. The van der Waals surface area contributed by atoms with E-state index in [0.717, 1.165) is 16.1 Å². The summed E-state index contributed by atoms with van der Waals surface area (Å²) in [6.07, 6.45) is 0. The van der Waals surface area contributed by atoms with Gasteiger partial charge in [0, 0.05) is 10.5 Å². The van der Waals surface area contributed by atoms with Crippen LogP contribution in [0.15, 0.2) is 53.4 Å². The molecular formula is C14H13NOS. The van der Waals surface area contributed by atoms with Gasteiger partial charge in [0.2, 0.25) is 0 Å². The van der Waals surface area contributed by atoms with Crippen molar-refractivity contribution in [2.75, 3.05) is 5.32 Å². The summed E-state index contributed by atoms with van der Waals surface area (Å²) in [7, 11) is 0. The number of benzene rings is 2. The number of hydrogen-bond acceptors (Lipinski definition) is 2. The molecule has 0 bridgehead atoms. The molecule has 2 nitrogen and oxygen atoms in total. The van der Waals surface area contributed by atoms with Crippen LogP contribution in [0.3, 0.4) is 0 Å². The largest absolute Gasteiger partial charge is 0.321 e. The highest BCUT2D eigenvalue weighted by Gasteiger charge is 2.09. The van der Waals surface area contributed by atoms with Gasteiger partial charge in [-0.05, 0) is 30.7 Å². The molecular weight excluding hydrogens is 230 g/mol. The lowest BCUT2D eigenvalue weighted by atomic mass is 10.1. The van der Waals surface area contributed by atoms with E-state index >= 15 is 0 Å². The summed E-state index contributed by atoms with van der Waals surface area (Å²) in [6.45, 7) is 1.92. The zero-order valence-corrected chi connectivity index (χ0v) is 10.4. The van der Waals surface area contributed by atoms with Crippen molar-refractivity contribution in [1.82, 2.24) is 0 Å². The fourth-order valence-corrected chi connectivity index (χ4v) is 1.81. The van der Waals surface area contributed by atoms with Gasteiger partial charge in [-0.2, -0.15) is 0 Å². The molecule has 17 heavy (non-hydrogen) atoms. The Bertz CT molecular complexity index is 551. The van der Waals surface area contributed by atoms with Crippen LogP contribution in [-0.2, 0) is 0 Å². The molecule has 0 atom stereocenters. The van der Waals surface area contributed by atoms with E-state index < -0.39 is 0 Å². The Morgan fingerprint density at radius 1 is 1.06 bits per heavy atom.